The van der Waals surface area contributed by atoms with E-state index >= 15 is 0 Å². The second-order valence-corrected chi connectivity index (χ2v) is 11.6. The van der Waals surface area contributed by atoms with Crippen molar-refractivity contribution in [2.45, 2.75) is 24.6 Å². The highest BCUT2D eigenvalue weighted by molar-refractivity contribution is 7.86. The van der Waals surface area contributed by atoms with Crippen LogP contribution in [0.2, 0.25) is 0 Å². The monoisotopic (exact) mass is 569 g/mol. The van der Waals surface area contributed by atoms with E-state index in [1.807, 2.05) is 0 Å². The van der Waals surface area contributed by atoms with Gasteiger partial charge in [-0.25, -0.2) is 4.98 Å². The minimum Gasteiger partial charge on any atom is -0.497 e. The van der Waals surface area contributed by atoms with Crippen LogP contribution in [0, 0.1) is 11.8 Å². The predicted octanol–water partition coefficient (Wildman–Crippen LogP) is 3.52. The summed E-state index contributed by atoms with van der Waals surface area (Å²) in [6, 6.07) is 14.2. The standard InChI is InChI=1S/C25H23F3NO7PS/c1-3-35-37(31,22-10-12-23(13-11-22)38(32,33)36-17-25(26,27)28)24-15-19(14-20(16-30)29-24)5-4-18-6-8-21(34-2)9-7-18/h6-15,30H,3,16-17H2,1-2H3. The quantitative estimate of drug-likeness (QED) is 0.237. The Labute approximate surface area is 218 Å². The van der Waals surface area contributed by atoms with Gasteiger partial charge in [0.05, 0.1) is 30.9 Å². The molecule has 1 aromatic heterocycles. The third kappa shape index (κ3) is 7.43. The Morgan fingerprint density at radius 3 is 2.18 bits per heavy atom. The van der Waals surface area contributed by atoms with Gasteiger partial charge in [0.1, 0.15) is 11.2 Å². The summed E-state index contributed by atoms with van der Waals surface area (Å²) >= 11 is 0. The van der Waals surface area contributed by atoms with Gasteiger partial charge in [0.2, 0.25) is 0 Å². The molecule has 0 amide bonds. The number of pyridine rings is 1. The maximum atomic E-state index is 14.0. The zero-order valence-electron chi connectivity index (χ0n) is 20.2. The molecule has 0 spiro atoms. The highest BCUT2D eigenvalue weighted by Crippen LogP contribution is 2.44. The van der Waals surface area contributed by atoms with Gasteiger partial charge >= 0.3 is 6.18 Å². The molecule has 3 aromatic rings. The molecule has 2 aromatic carbocycles. The maximum Gasteiger partial charge on any atom is 0.413 e. The second-order valence-electron chi connectivity index (χ2n) is 7.64. The number of benzene rings is 2. The van der Waals surface area contributed by atoms with Crippen molar-refractivity contribution in [1.29, 1.82) is 0 Å². The first-order valence-electron chi connectivity index (χ1n) is 11.0. The van der Waals surface area contributed by atoms with Gasteiger partial charge in [-0.1, -0.05) is 11.8 Å². The second kappa shape index (κ2) is 12.1. The van der Waals surface area contributed by atoms with E-state index in [1.54, 1.807) is 38.3 Å². The Morgan fingerprint density at radius 2 is 1.63 bits per heavy atom. The first kappa shape index (κ1) is 29.4. The Hall–Kier alpha value is -3.20. The molecule has 3 rings (SSSR count). The fourth-order valence-corrected chi connectivity index (χ4v) is 6.09. The first-order chi connectivity index (χ1) is 17.9. The summed E-state index contributed by atoms with van der Waals surface area (Å²) < 4.78 is 90.2. The zero-order valence-corrected chi connectivity index (χ0v) is 21.9. The molecule has 0 aliphatic rings. The number of aliphatic hydroxyl groups is 1. The van der Waals surface area contributed by atoms with Crippen LogP contribution in [0.25, 0.3) is 0 Å². The minimum atomic E-state index is -4.84. The van der Waals surface area contributed by atoms with E-state index in [-0.39, 0.29) is 23.0 Å². The lowest BCUT2D eigenvalue weighted by Gasteiger charge is -2.19. The number of halogens is 3. The maximum absolute atomic E-state index is 14.0. The molecule has 0 aliphatic heterocycles. The summed E-state index contributed by atoms with van der Waals surface area (Å²) in [5.74, 6) is 6.54. The Kier molecular flexibility index (Phi) is 9.35. The molecule has 0 aliphatic carbocycles. The van der Waals surface area contributed by atoms with Gasteiger partial charge in [0, 0.05) is 16.4 Å². The Morgan fingerprint density at radius 1 is 1.00 bits per heavy atom. The molecular formula is C25H23F3NO7PS. The summed E-state index contributed by atoms with van der Waals surface area (Å²) in [4.78, 5) is 3.68. The van der Waals surface area contributed by atoms with E-state index in [4.69, 9.17) is 9.26 Å². The largest absolute Gasteiger partial charge is 0.497 e. The molecule has 13 heteroatoms. The number of methoxy groups -OCH3 is 1. The van der Waals surface area contributed by atoms with Gasteiger partial charge in [-0.05, 0) is 67.6 Å². The van der Waals surface area contributed by atoms with Crippen LogP contribution in [-0.2, 0) is 30.0 Å². The van der Waals surface area contributed by atoms with Crippen molar-refractivity contribution in [3.05, 3.63) is 77.5 Å². The van der Waals surface area contributed by atoms with Crippen molar-refractivity contribution < 1.29 is 44.7 Å². The fraction of sp³-hybridized carbons (Fsp3) is 0.240. The number of rotatable bonds is 9. The van der Waals surface area contributed by atoms with Crippen LogP contribution in [-0.4, -0.2) is 45.0 Å². The third-order valence-corrected chi connectivity index (χ3v) is 8.63. The SMILES string of the molecule is CCOP(=O)(c1ccc(S(=O)(=O)OCC(F)(F)F)cc1)c1cc(C#Cc2ccc(OC)cc2)cc(CO)n1. The number of ether oxygens (including phenoxy) is 1. The molecule has 8 nitrogen and oxygen atoms in total. The minimum absolute atomic E-state index is 0.0100. The molecule has 0 bridgehead atoms. The molecule has 0 saturated heterocycles. The number of hydrogen-bond donors (Lipinski definition) is 1. The molecule has 202 valence electrons. The lowest BCUT2D eigenvalue weighted by Crippen LogP contribution is -2.23. The average molecular weight is 569 g/mol. The van der Waals surface area contributed by atoms with Crippen molar-refractivity contribution >= 4 is 28.2 Å². The van der Waals surface area contributed by atoms with E-state index in [2.05, 4.69) is 21.0 Å². The van der Waals surface area contributed by atoms with Gasteiger partial charge in [0.15, 0.2) is 6.61 Å². The molecule has 38 heavy (non-hydrogen) atoms. The summed E-state index contributed by atoms with van der Waals surface area (Å²) in [6.07, 6.45) is -4.84. The lowest BCUT2D eigenvalue weighted by molar-refractivity contribution is -0.152. The topological polar surface area (TPSA) is 112 Å². The number of hydrogen-bond acceptors (Lipinski definition) is 8. The normalized spacial score (nSPS) is 13.3. The number of alkyl halides is 3. The van der Waals surface area contributed by atoms with Crippen LogP contribution >= 0.6 is 7.37 Å². The number of nitrogens with zero attached hydrogens (tertiary/aromatic N) is 1. The number of aromatic nitrogens is 1. The zero-order chi connectivity index (χ0) is 28.0. The Bertz CT molecular complexity index is 1480. The Balaban J connectivity index is 1.99. The highest BCUT2D eigenvalue weighted by atomic mass is 32.2. The molecule has 1 atom stereocenters. The summed E-state index contributed by atoms with van der Waals surface area (Å²) in [6.45, 7) is -0.877. The summed E-state index contributed by atoms with van der Waals surface area (Å²) in [7, 11) is -7.11. The molecule has 0 saturated carbocycles. The first-order valence-corrected chi connectivity index (χ1v) is 14.0. The van der Waals surface area contributed by atoms with E-state index in [0.717, 1.165) is 24.3 Å². The van der Waals surface area contributed by atoms with E-state index < -0.39 is 41.8 Å². The van der Waals surface area contributed by atoms with Gasteiger partial charge < -0.3 is 14.4 Å². The van der Waals surface area contributed by atoms with Crippen LogP contribution in [0.1, 0.15) is 23.7 Å². The van der Waals surface area contributed by atoms with Gasteiger partial charge in [-0.2, -0.15) is 21.6 Å². The molecule has 1 heterocycles. The lowest BCUT2D eigenvalue weighted by atomic mass is 10.2. The molecule has 0 fully saturated rings. The highest BCUT2D eigenvalue weighted by Gasteiger charge is 2.33. The van der Waals surface area contributed by atoms with Crippen molar-refractivity contribution in [3.8, 4) is 17.6 Å². The van der Waals surface area contributed by atoms with Gasteiger partial charge in [-0.3, -0.25) is 8.75 Å². The van der Waals surface area contributed by atoms with Crippen molar-refractivity contribution in [2.24, 2.45) is 0 Å². The van der Waals surface area contributed by atoms with Crippen LogP contribution in [0.15, 0.2) is 65.6 Å². The fourth-order valence-electron chi connectivity index (χ4n) is 3.17. The van der Waals surface area contributed by atoms with Crippen molar-refractivity contribution in [1.82, 2.24) is 4.98 Å². The smallest absolute Gasteiger partial charge is 0.413 e. The van der Waals surface area contributed by atoms with Crippen molar-refractivity contribution in [3.63, 3.8) is 0 Å². The van der Waals surface area contributed by atoms with Gasteiger partial charge in [0.25, 0.3) is 17.5 Å². The third-order valence-electron chi connectivity index (χ3n) is 4.92. The predicted molar refractivity (Wildman–Crippen MR) is 133 cm³/mol. The molecule has 0 radical (unpaired) electrons. The number of aliphatic hydroxyl groups excluding tert-OH is 1. The van der Waals surface area contributed by atoms with Crippen LogP contribution < -0.4 is 15.5 Å². The summed E-state index contributed by atoms with van der Waals surface area (Å²) in [5.41, 5.74) is 1.18. The van der Waals surface area contributed by atoms with Crippen molar-refractivity contribution in [2.75, 3.05) is 20.3 Å². The van der Waals surface area contributed by atoms with Crippen LogP contribution in [0.3, 0.4) is 0 Å². The van der Waals surface area contributed by atoms with E-state index in [9.17, 15) is 31.3 Å². The summed E-state index contributed by atoms with van der Waals surface area (Å²) in [5, 5.41) is 9.75. The molecular weight excluding hydrogens is 546 g/mol. The van der Waals surface area contributed by atoms with E-state index in [0.29, 0.717) is 16.9 Å². The average Bonchev–Trinajstić information content (AvgIpc) is 2.90. The molecule has 1 N–H and O–H groups in total. The van der Waals surface area contributed by atoms with Crippen LogP contribution in [0.5, 0.6) is 5.75 Å². The van der Waals surface area contributed by atoms with Gasteiger partial charge in [-0.15, -0.1) is 0 Å². The molecule has 1 unspecified atom stereocenters. The van der Waals surface area contributed by atoms with E-state index in [1.165, 1.54) is 12.1 Å². The van der Waals surface area contributed by atoms with Crippen LogP contribution in [0.4, 0.5) is 13.2 Å².